The number of alkyl halides is 2. The molecule has 0 unspecified atom stereocenters. The number of amides is 2. The summed E-state index contributed by atoms with van der Waals surface area (Å²) in [6.45, 7) is 1.58. The first-order chi connectivity index (χ1) is 14.8. The van der Waals surface area contributed by atoms with Crippen LogP contribution in [-0.4, -0.2) is 16.4 Å². The first-order valence-corrected chi connectivity index (χ1v) is 9.96. The van der Waals surface area contributed by atoms with Crippen molar-refractivity contribution in [2.45, 2.75) is 32.2 Å². The zero-order valence-electron chi connectivity index (χ0n) is 16.7. The number of fused-ring (bicyclic) bond motifs is 4. The molecule has 5 rings (SSSR count). The van der Waals surface area contributed by atoms with Crippen molar-refractivity contribution in [2.24, 2.45) is 0 Å². The van der Waals surface area contributed by atoms with Crippen molar-refractivity contribution in [1.29, 1.82) is 0 Å². The second-order valence-electron chi connectivity index (χ2n) is 7.97. The standard InChI is InChI=1S/C24H18F2N2O3/c1-14-12-24(25,26)19-5-3-2-4-17(19)20-10-15-6-7-16(28-21(29)8-9-22(28)30)11-18(15)23(31)27(20)13-14/h2-7,10-12H,8-9,13H2,1H3. The van der Waals surface area contributed by atoms with Gasteiger partial charge in [0.2, 0.25) is 11.8 Å². The highest BCUT2D eigenvalue weighted by atomic mass is 19.3. The van der Waals surface area contributed by atoms with E-state index in [1.807, 2.05) is 0 Å². The lowest BCUT2D eigenvalue weighted by atomic mass is 9.94. The molecule has 0 aliphatic carbocycles. The number of aromatic nitrogens is 1. The number of imide groups is 1. The fourth-order valence-electron chi connectivity index (χ4n) is 4.40. The SMILES string of the molecule is CC1=CC(F)(F)c2ccccc2-c2cc3ccc(N4C(=O)CCC4=O)cc3c(=O)n2C1. The molecule has 0 spiro atoms. The van der Waals surface area contributed by atoms with Crippen LogP contribution in [0.2, 0.25) is 0 Å². The summed E-state index contributed by atoms with van der Waals surface area (Å²) < 4.78 is 31.2. The van der Waals surface area contributed by atoms with Crippen LogP contribution in [0.5, 0.6) is 0 Å². The van der Waals surface area contributed by atoms with Crippen LogP contribution < -0.4 is 10.5 Å². The van der Waals surface area contributed by atoms with Crippen molar-refractivity contribution in [3.63, 3.8) is 0 Å². The third kappa shape index (κ3) is 3.00. The Morgan fingerprint density at radius 3 is 2.39 bits per heavy atom. The minimum Gasteiger partial charge on any atom is -0.304 e. The third-order valence-electron chi connectivity index (χ3n) is 5.80. The summed E-state index contributed by atoms with van der Waals surface area (Å²) in [4.78, 5) is 38.8. The summed E-state index contributed by atoms with van der Waals surface area (Å²) >= 11 is 0. The Balaban J connectivity index is 1.78. The second-order valence-corrected chi connectivity index (χ2v) is 7.97. The van der Waals surface area contributed by atoms with Crippen LogP contribution in [0.3, 0.4) is 0 Å². The van der Waals surface area contributed by atoms with Crippen LogP contribution in [0.1, 0.15) is 25.3 Å². The molecule has 0 N–H and O–H groups in total. The number of carbonyl (C=O) groups is 2. The van der Waals surface area contributed by atoms with E-state index in [4.69, 9.17) is 0 Å². The average molecular weight is 420 g/mol. The van der Waals surface area contributed by atoms with E-state index in [2.05, 4.69) is 0 Å². The predicted octanol–water partition coefficient (Wildman–Crippen LogP) is 4.37. The number of carbonyl (C=O) groups excluding carboxylic acids is 2. The molecule has 0 atom stereocenters. The van der Waals surface area contributed by atoms with E-state index < -0.39 is 5.92 Å². The molecule has 7 heteroatoms. The van der Waals surface area contributed by atoms with Gasteiger partial charge in [-0.05, 0) is 36.6 Å². The van der Waals surface area contributed by atoms with Gasteiger partial charge in [0.25, 0.3) is 11.5 Å². The van der Waals surface area contributed by atoms with Gasteiger partial charge in [-0.25, -0.2) is 0 Å². The topological polar surface area (TPSA) is 59.4 Å². The molecule has 2 amide bonds. The maximum absolute atomic E-state index is 14.9. The van der Waals surface area contributed by atoms with Gasteiger partial charge in [0.1, 0.15) is 0 Å². The van der Waals surface area contributed by atoms with Gasteiger partial charge in [0, 0.05) is 35.9 Å². The Morgan fingerprint density at radius 1 is 0.935 bits per heavy atom. The second kappa shape index (κ2) is 6.70. The quantitative estimate of drug-likeness (QED) is 0.434. The summed E-state index contributed by atoms with van der Waals surface area (Å²) in [6.07, 6.45) is 1.19. The van der Waals surface area contributed by atoms with Gasteiger partial charge in [0.15, 0.2) is 0 Å². The Bertz CT molecular complexity index is 1350. The first-order valence-electron chi connectivity index (χ1n) is 9.96. The molecule has 1 aromatic heterocycles. The average Bonchev–Trinajstić information content (AvgIpc) is 3.07. The van der Waals surface area contributed by atoms with Crippen molar-refractivity contribution in [3.8, 4) is 11.3 Å². The van der Waals surface area contributed by atoms with Crippen molar-refractivity contribution >= 4 is 28.3 Å². The maximum atomic E-state index is 14.9. The van der Waals surface area contributed by atoms with Crippen molar-refractivity contribution in [3.05, 3.63) is 76.1 Å². The van der Waals surface area contributed by atoms with Gasteiger partial charge in [-0.1, -0.05) is 35.9 Å². The monoisotopic (exact) mass is 420 g/mol. The molecule has 31 heavy (non-hydrogen) atoms. The zero-order valence-corrected chi connectivity index (χ0v) is 16.7. The van der Waals surface area contributed by atoms with Crippen molar-refractivity contribution in [1.82, 2.24) is 4.57 Å². The number of hydrogen-bond acceptors (Lipinski definition) is 3. The largest absolute Gasteiger partial charge is 0.304 e. The Kier molecular flexibility index (Phi) is 4.18. The third-order valence-corrected chi connectivity index (χ3v) is 5.80. The van der Waals surface area contributed by atoms with E-state index in [0.717, 1.165) is 11.0 Å². The number of allylic oxidation sites excluding steroid dienone is 2. The molecule has 0 bridgehead atoms. The summed E-state index contributed by atoms with van der Waals surface area (Å²) in [6, 6.07) is 12.7. The van der Waals surface area contributed by atoms with Gasteiger partial charge >= 0.3 is 0 Å². The Hall–Kier alpha value is -3.61. The van der Waals surface area contributed by atoms with Crippen LogP contribution >= 0.6 is 0 Å². The smallest absolute Gasteiger partial charge is 0.292 e. The van der Waals surface area contributed by atoms with E-state index >= 15 is 0 Å². The fraction of sp³-hybridized carbons (Fsp3) is 0.208. The highest BCUT2D eigenvalue weighted by Crippen LogP contribution is 2.40. The molecular formula is C24H18F2N2O3. The van der Waals surface area contributed by atoms with Gasteiger partial charge in [-0.15, -0.1) is 0 Å². The predicted molar refractivity (Wildman–Crippen MR) is 113 cm³/mol. The molecule has 2 aromatic carbocycles. The zero-order chi connectivity index (χ0) is 21.9. The summed E-state index contributed by atoms with van der Waals surface area (Å²) in [7, 11) is 0. The number of halogens is 2. The molecule has 2 aliphatic rings. The fourth-order valence-corrected chi connectivity index (χ4v) is 4.40. The van der Waals surface area contributed by atoms with Gasteiger partial charge < -0.3 is 4.57 Å². The minimum atomic E-state index is -3.16. The molecular weight excluding hydrogens is 402 g/mol. The van der Waals surface area contributed by atoms with Crippen LogP contribution in [0.15, 0.2) is 65.0 Å². The van der Waals surface area contributed by atoms with E-state index in [1.165, 1.54) is 16.7 Å². The van der Waals surface area contributed by atoms with E-state index in [1.54, 1.807) is 43.3 Å². The van der Waals surface area contributed by atoms with Gasteiger partial charge in [-0.3, -0.25) is 19.3 Å². The molecule has 5 nitrogen and oxygen atoms in total. The van der Waals surface area contributed by atoms with Crippen LogP contribution in [0.25, 0.3) is 22.0 Å². The Morgan fingerprint density at radius 2 is 1.65 bits per heavy atom. The molecule has 1 fully saturated rings. The van der Waals surface area contributed by atoms with E-state index in [9.17, 15) is 23.2 Å². The highest BCUT2D eigenvalue weighted by molar-refractivity contribution is 6.20. The molecule has 1 saturated heterocycles. The minimum absolute atomic E-state index is 0.0137. The molecule has 0 saturated carbocycles. The molecule has 0 radical (unpaired) electrons. The number of rotatable bonds is 1. The molecule has 3 heterocycles. The number of nitrogens with zero attached hydrogens (tertiary/aromatic N) is 2. The van der Waals surface area contributed by atoms with Crippen LogP contribution in [-0.2, 0) is 22.1 Å². The maximum Gasteiger partial charge on any atom is 0.292 e. The molecule has 156 valence electrons. The molecule has 2 aliphatic heterocycles. The summed E-state index contributed by atoms with van der Waals surface area (Å²) in [5.74, 6) is -3.76. The number of hydrogen-bond donors (Lipinski definition) is 0. The lowest BCUT2D eigenvalue weighted by Gasteiger charge is -2.24. The van der Waals surface area contributed by atoms with Crippen molar-refractivity contribution in [2.75, 3.05) is 4.90 Å². The number of benzene rings is 2. The number of pyridine rings is 1. The number of anilines is 1. The first kappa shape index (κ1) is 19.4. The Labute approximate surface area is 176 Å². The van der Waals surface area contributed by atoms with Gasteiger partial charge in [0.05, 0.1) is 11.4 Å². The van der Waals surface area contributed by atoms with Crippen molar-refractivity contribution < 1.29 is 18.4 Å². The summed E-state index contributed by atoms with van der Waals surface area (Å²) in [5.41, 5.74) is 0.893. The summed E-state index contributed by atoms with van der Waals surface area (Å²) in [5, 5.41) is 0.880. The lowest BCUT2D eigenvalue weighted by molar-refractivity contribution is -0.121. The lowest BCUT2D eigenvalue weighted by Crippen LogP contribution is -2.29. The van der Waals surface area contributed by atoms with Gasteiger partial charge in [-0.2, -0.15) is 8.78 Å². The van der Waals surface area contributed by atoms with Crippen LogP contribution in [0, 0.1) is 0 Å². The van der Waals surface area contributed by atoms with E-state index in [0.29, 0.717) is 33.3 Å². The molecule has 3 aromatic rings. The van der Waals surface area contributed by atoms with Crippen LogP contribution in [0.4, 0.5) is 14.5 Å². The normalized spacial score (nSPS) is 17.8. The van der Waals surface area contributed by atoms with E-state index in [-0.39, 0.29) is 42.3 Å². The highest BCUT2D eigenvalue weighted by Gasteiger charge is 2.34.